The Morgan fingerprint density at radius 2 is 2.15 bits per heavy atom. The molecule has 1 aliphatic heterocycles. The molecule has 0 bridgehead atoms. The van der Waals surface area contributed by atoms with E-state index >= 15 is 0 Å². The number of aliphatic hydroxyl groups is 1. The first-order valence-electron chi connectivity index (χ1n) is 7.13. The van der Waals surface area contributed by atoms with E-state index in [0.29, 0.717) is 24.9 Å². The molecule has 1 aliphatic rings. The molecule has 1 saturated heterocycles. The minimum atomic E-state index is -0.243. The molecule has 20 heavy (non-hydrogen) atoms. The lowest BCUT2D eigenvalue weighted by molar-refractivity contribution is 0.0228. The van der Waals surface area contributed by atoms with Crippen molar-refractivity contribution >= 4 is 0 Å². The van der Waals surface area contributed by atoms with E-state index in [1.165, 1.54) is 0 Å². The standard InChI is InChI=1S/C16H20N2O2/c1-12-7-8-18(10-14(12)19)11-16-17-9-15(20-16)13-5-3-2-4-6-13/h2-6,9,12,14,19H,7-8,10-11H2,1H3. The smallest absolute Gasteiger partial charge is 0.209 e. The van der Waals surface area contributed by atoms with Gasteiger partial charge in [-0.05, 0) is 18.9 Å². The zero-order chi connectivity index (χ0) is 13.9. The van der Waals surface area contributed by atoms with E-state index in [0.717, 1.165) is 24.3 Å². The Morgan fingerprint density at radius 3 is 2.90 bits per heavy atom. The van der Waals surface area contributed by atoms with Crippen LogP contribution in [0.5, 0.6) is 0 Å². The number of rotatable bonds is 3. The van der Waals surface area contributed by atoms with Crippen LogP contribution in [0.2, 0.25) is 0 Å². The first-order valence-corrected chi connectivity index (χ1v) is 7.13. The second kappa shape index (κ2) is 5.77. The minimum absolute atomic E-state index is 0.243. The van der Waals surface area contributed by atoms with Gasteiger partial charge in [0.15, 0.2) is 5.76 Å². The van der Waals surface area contributed by atoms with Gasteiger partial charge in [0, 0.05) is 12.1 Å². The second-order valence-electron chi connectivity index (χ2n) is 5.55. The highest BCUT2D eigenvalue weighted by molar-refractivity contribution is 5.55. The molecule has 2 aromatic rings. The minimum Gasteiger partial charge on any atom is -0.439 e. The number of aliphatic hydroxyl groups excluding tert-OH is 1. The van der Waals surface area contributed by atoms with Crippen molar-refractivity contribution in [2.45, 2.75) is 26.0 Å². The summed E-state index contributed by atoms with van der Waals surface area (Å²) in [6.45, 7) is 4.45. The second-order valence-corrected chi connectivity index (χ2v) is 5.55. The van der Waals surface area contributed by atoms with Gasteiger partial charge in [-0.3, -0.25) is 4.90 Å². The molecule has 1 aromatic heterocycles. The molecule has 3 rings (SSSR count). The topological polar surface area (TPSA) is 49.5 Å². The predicted molar refractivity (Wildman–Crippen MR) is 77.0 cm³/mol. The van der Waals surface area contributed by atoms with Crippen LogP contribution in [0.3, 0.4) is 0 Å². The van der Waals surface area contributed by atoms with Crippen LogP contribution in [0.1, 0.15) is 19.2 Å². The maximum atomic E-state index is 9.92. The monoisotopic (exact) mass is 272 g/mol. The third-order valence-electron chi connectivity index (χ3n) is 3.97. The number of hydrogen-bond donors (Lipinski definition) is 1. The van der Waals surface area contributed by atoms with Gasteiger partial charge in [0.25, 0.3) is 0 Å². The van der Waals surface area contributed by atoms with E-state index in [1.807, 2.05) is 30.3 Å². The third kappa shape index (κ3) is 2.92. The Kier molecular flexibility index (Phi) is 3.85. The van der Waals surface area contributed by atoms with Crippen LogP contribution in [-0.2, 0) is 6.54 Å². The number of oxazole rings is 1. The summed E-state index contributed by atoms with van der Waals surface area (Å²) in [4.78, 5) is 6.54. The highest BCUT2D eigenvalue weighted by Gasteiger charge is 2.25. The number of β-amino-alcohol motifs (C(OH)–C–C–N with tert-alkyl or cyclic N) is 1. The molecular formula is C16H20N2O2. The zero-order valence-corrected chi connectivity index (χ0v) is 11.7. The van der Waals surface area contributed by atoms with Crippen LogP contribution in [0.25, 0.3) is 11.3 Å². The number of benzene rings is 1. The van der Waals surface area contributed by atoms with E-state index in [9.17, 15) is 5.11 Å². The van der Waals surface area contributed by atoms with E-state index in [4.69, 9.17) is 4.42 Å². The molecule has 1 aromatic carbocycles. The van der Waals surface area contributed by atoms with Crippen molar-refractivity contribution in [2.75, 3.05) is 13.1 Å². The Morgan fingerprint density at radius 1 is 1.35 bits per heavy atom. The number of aromatic nitrogens is 1. The molecule has 0 radical (unpaired) electrons. The lowest BCUT2D eigenvalue weighted by atomic mass is 9.96. The van der Waals surface area contributed by atoms with Gasteiger partial charge in [0.2, 0.25) is 5.89 Å². The van der Waals surface area contributed by atoms with Crippen molar-refractivity contribution < 1.29 is 9.52 Å². The normalized spacial score (nSPS) is 23.9. The van der Waals surface area contributed by atoms with Gasteiger partial charge in [-0.15, -0.1) is 0 Å². The Balaban J connectivity index is 1.66. The molecule has 0 spiro atoms. The summed E-state index contributed by atoms with van der Waals surface area (Å²) in [7, 11) is 0. The molecule has 2 heterocycles. The van der Waals surface area contributed by atoms with Gasteiger partial charge in [0.05, 0.1) is 18.8 Å². The number of piperidine rings is 1. The number of likely N-dealkylation sites (tertiary alicyclic amines) is 1. The van der Waals surface area contributed by atoms with Crippen molar-refractivity contribution in [3.05, 3.63) is 42.4 Å². The van der Waals surface area contributed by atoms with Crippen LogP contribution >= 0.6 is 0 Å². The SMILES string of the molecule is CC1CCN(Cc2ncc(-c3ccccc3)o2)CC1O. The lowest BCUT2D eigenvalue weighted by Crippen LogP contribution is -2.42. The van der Waals surface area contributed by atoms with Gasteiger partial charge < -0.3 is 9.52 Å². The quantitative estimate of drug-likeness (QED) is 0.933. The van der Waals surface area contributed by atoms with Gasteiger partial charge in [-0.25, -0.2) is 4.98 Å². The number of nitrogens with zero attached hydrogens (tertiary/aromatic N) is 2. The molecule has 4 nitrogen and oxygen atoms in total. The van der Waals surface area contributed by atoms with Crippen LogP contribution in [0, 0.1) is 5.92 Å². The van der Waals surface area contributed by atoms with Gasteiger partial charge in [-0.1, -0.05) is 37.3 Å². The predicted octanol–water partition coefficient (Wildman–Crippen LogP) is 2.54. The molecule has 106 valence electrons. The summed E-state index contributed by atoms with van der Waals surface area (Å²) >= 11 is 0. The Bertz CT molecular complexity index is 553. The lowest BCUT2D eigenvalue weighted by Gasteiger charge is -2.33. The maximum absolute atomic E-state index is 9.92. The highest BCUT2D eigenvalue weighted by atomic mass is 16.4. The summed E-state index contributed by atoms with van der Waals surface area (Å²) in [6.07, 6.45) is 2.55. The average Bonchev–Trinajstić information content (AvgIpc) is 2.92. The molecule has 0 amide bonds. The molecule has 2 unspecified atom stereocenters. The van der Waals surface area contributed by atoms with Crippen LogP contribution in [0.4, 0.5) is 0 Å². The van der Waals surface area contributed by atoms with Gasteiger partial charge >= 0.3 is 0 Å². The van der Waals surface area contributed by atoms with Crippen molar-refractivity contribution in [1.29, 1.82) is 0 Å². The molecule has 1 N–H and O–H groups in total. The molecular weight excluding hydrogens is 252 g/mol. The fraction of sp³-hybridized carbons (Fsp3) is 0.438. The Labute approximate surface area is 119 Å². The first-order chi connectivity index (χ1) is 9.72. The average molecular weight is 272 g/mol. The maximum Gasteiger partial charge on any atom is 0.209 e. The summed E-state index contributed by atoms with van der Waals surface area (Å²) in [5.41, 5.74) is 1.04. The van der Waals surface area contributed by atoms with Crippen molar-refractivity contribution in [3.8, 4) is 11.3 Å². The largest absolute Gasteiger partial charge is 0.439 e. The molecule has 1 fully saturated rings. The van der Waals surface area contributed by atoms with Crippen molar-refractivity contribution in [2.24, 2.45) is 5.92 Å². The van der Waals surface area contributed by atoms with Crippen molar-refractivity contribution in [3.63, 3.8) is 0 Å². The first kappa shape index (κ1) is 13.3. The summed E-state index contributed by atoms with van der Waals surface area (Å²) in [6, 6.07) is 9.98. The van der Waals surface area contributed by atoms with E-state index in [2.05, 4.69) is 16.8 Å². The van der Waals surface area contributed by atoms with Crippen LogP contribution < -0.4 is 0 Å². The Hall–Kier alpha value is -1.65. The fourth-order valence-corrected chi connectivity index (χ4v) is 2.57. The summed E-state index contributed by atoms with van der Waals surface area (Å²) in [5.74, 6) is 1.90. The van der Waals surface area contributed by atoms with Gasteiger partial charge in [0.1, 0.15) is 0 Å². The third-order valence-corrected chi connectivity index (χ3v) is 3.97. The molecule has 2 atom stereocenters. The fourth-order valence-electron chi connectivity index (χ4n) is 2.57. The highest BCUT2D eigenvalue weighted by Crippen LogP contribution is 2.22. The number of hydrogen-bond acceptors (Lipinski definition) is 4. The van der Waals surface area contributed by atoms with Crippen molar-refractivity contribution in [1.82, 2.24) is 9.88 Å². The summed E-state index contributed by atoms with van der Waals surface area (Å²) < 4.78 is 5.80. The molecule has 4 heteroatoms. The zero-order valence-electron chi connectivity index (χ0n) is 11.7. The van der Waals surface area contributed by atoms with E-state index < -0.39 is 0 Å². The molecule has 0 aliphatic carbocycles. The molecule has 0 saturated carbocycles. The van der Waals surface area contributed by atoms with E-state index in [-0.39, 0.29) is 6.10 Å². The van der Waals surface area contributed by atoms with Crippen LogP contribution in [0.15, 0.2) is 40.9 Å². The van der Waals surface area contributed by atoms with Crippen LogP contribution in [-0.4, -0.2) is 34.2 Å². The van der Waals surface area contributed by atoms with E-state index in [1.54, 1.807) is 6.20 Å². The summed E-state index contributed by atoms with van der Waals surface area (Å²) in [5, 5.41) is 9.92. The van der Waals surface area contributed by atoms with Gasteiger partial charge in [-0.2, -0.15) is 0 Å².